The van der Waals surface area contributed by atoms with Gasteiger partial charge in [0.25, 0.3) is 5.91 Å². The lowest BCUT2D eigenvalue weighted by Gasteiger charge is -2.11. The maximum atomic E-state index is 13.9. The van der Waals surface area contributed by atoms with Crippen molar-refractivity contribution in [3.63, 3.8) is 0 Å². The van der Waals surface area contributed by atoms with Gasteiger partial charge in [-0.05, 0) is 30.3 Å². The molecule has 2 aromatic heterocycles. The van der Waals surface area contributed by atoms with E-state index in [2.05, 4.69) is 20.1 Å². The Balaban J connectivity index is 1.81. The molecule has 4 aromatic rings. The number of fused-ring (bicyclic) bond motifs is 1. The standard InChI is InChI=1S/C22H14ClF5N4O3/c1-34-12-6-4-5-11(9-12)14-10-16(22(26,27)28)32-19(29-14)17(23)18(31-32)20(33)30-13-7-2-3-8-15(13)35-21(24)25/h2-10,21H,1H3,(H,30,33). The molecule has 7 nitrogen and oxygen atoms in total. The zero-order valence-corrected chi connectivity index (χ0v) is 18.4. The van der Waals surface area contributed by atoms with E-state index in [1.165, 1.54) is 43.5 Å². The van der Waals surface area contributed by atoms with Crippen LogP contribution < -0.4 is 14.8 Å². The molecule has 4 rings (SSSR count). The van der Waals surface area contributed by atoms with Crippen LogP contribution in [0.2, 0.25) is 5.02 Å². The third-order valence-electron chi connectivity index (χ3n) is 4.76. The number of para-hydroxylation sites is 2. The van der Waals surface area contributed by atoms with Crippen molar-refractivity contribution in [2.24, 2.45) is 0 Å². The maximum absolute atomic E-state index is 13.9. The Labute approximate surface area is 199 Å². The summed E-state index contributed by atoms with van der Waals surface area (Å²) in [6, 6.07) is 12.2. The number of aromatic nitrogens is 3. The molecule has 1 N–H and O–H groups in total. The van der Waals surface area contributed by atoms with Crippen LogP contribution in [0.4, 0.5) is 27.6 Å². The van der Waals surface area contributed by atoms with Crippen molar-refractivity contribution in [1.82, 2.24) is 14.6 Å². The fourth-order valence-electron chi connectivity index (χ4n) is 3.22. The second-order valence-corrected chi connectivity index (χ2v) is 7.36. The molecule has 182 valence electrons. The minimum Gasteiger partial charge on any atom is -0.497 e. The number of halogens is 6. The topological polar surface area (TPSA) is 77.8 Å². The molecular weight excluding hydrogens is 499 g/mol. The van der Waals surface area contributed by atoms with E-state index in [1.807, 2.05) is 0 Å². The highest BCUT2D eigenvalue weighted by atomic mass is 35.5. The third-order valence-corrected chi connectivity index (χ3v) is 5.10. The molecule has 0 unspecified atom stereocenters. The van der Waals surface area contributed by atoms with E-state index in [4.69, 9.17) is 16.3 Å². The molecule has 0 aliphatic heterocycles. The lowest BCUT2D eigenvalue weighted by molar-refractivity contribution is -0.142. The first kappa shape index (κ1) is 24.2. The first-order valence-corrected chi connectivity index (χ1v) is 10.1. The number of alkyl halides is 5. The summed E-state index contributed by atoms with van der Waals surface area (Å²) in [5.74, 6) is -1.02. The Morgan fingerprint density at radius 3 is 2.54 bits per heavy atom. The van der Waals surface area contributed by atoms with Crippen molar-refractivity contribution in [1.29, 1.82) is 0 Å². The number of nitrogens with zero attached hydrogens (tertiary/aromatic N) is 3. The number of hydrogen-bond donors (Lipinski definition) is 1. The molecule has 13 heteroatoms. The first-order valence-electron chi connectivity index (χ1n) is 9.74. The number of ether oxygens (including phenoxy) is 2. The van der Waals surface area contributed by atoms with Gasteiger partial charge in [0.2, 0.25) is 0 Å². The fraction of sp³-hybridized carbons (Fsp3) is 0.136. The van der Waals surface area contributed by atoms with Crippen LogP contribution in [-0.2, 0) is 6.18 Å². The van der Waals surface area contributed by atoms with Gasteiger partial charge in [0, 0.05) is 5.56 Å². The van der Waals surface area contributed by atoms with E-state index in [0.717, 1.165) is 6.07 Å². The van der Waals surface area contributed by atoms with Gasteiger partial charge in [-0.25, -0.2) is 9.50 Å². The van der Waals surface area contributed by atoms with Crippen molar-refractivity contribution in [2.45, 2.75) is 12.8 Å². The molecule has 2 aromatic carbocycles. The van der Waals surface area contributed by atoms with E-state index in [-0.39, 0.29) is 17.1 Å². The Morgan fingerprint density at radius 2 is 1.86 bits per heavy atom. The summed E-state index contributed by atoms with van der Waals surface area (Å²) in [4.78, 5) is 17.0. The van der Waals surface area contributed by atoms with Crippen LogP contribution in [0.25, 0.3) is 16.9 Å². The first-order chi connectivity index (χ1) is 16.6. The molecule has 0 saturated heterocycles. The number of amides is 1. The van der Waals surface area contributed by atoms with Crippen molar-refractivity contribution in [3.8, 4) is 22.8 Å². The molecule has 0 atom stereocenters. The molecule has 0 spiro atoms. The van der Waals surface area contributed by atoms with Crippen LogP contribution in [0.3, 0.4) is 0 Å². The fourth-order valence-corrected chi connectivity index (χ4v) is 3.46. The molecule has 2 heterocycles. The molecule has 0 fully saturated rings. The molecule has 1 amide bonds. The van der Waals surface area contributed by atoms with Gasteiger partial charge in [-0.1, -0.05) is 35.9 Å². The summed E-state index contributed by atoms with van der Waals surface area (Å²) in [5.41, 5.74) is -2.21. The number of methoxy groups -OCH3 is 1. The predicted molar refractivity (Wildman–Crippen MR) is 116 cm³/mol. The number of nitrogens with one attached hydrogen (secondary N) is 1. The maximum Gasteiger partial charge on any atom is 0.433 e. The molecule has 0 aliphatic carbocycles. The Hall–Kier alpha value is -3.93. The number of carbonyl (C=O) groups excluding carboxylic acids is 1. The molecule has 35 heavy (non-hydrogen) atoms. The Bertz CT molecular complexity index is 1410. The summed E-state index contributed by atoms with van der Waals surface area (Å²) >= 11 is 6.23. The highest BCUT2D eigenvalue weighted by Crippen LogP contribution is 2.35. The van der Waals surface area contributed by atoms with Crippen LogP contribution in [0.1, 0.15) is 16.2 Å². The van der Waals surface area contributed by atoms with Gasteiger partial charge in [0.05, 0.1) is 18.5 Å². The van der Waals surface area contributed by atoms with E-state index in [9.17, 15) is 26.7 Å². The largest absolute Gasteiger partial charge is 0.497 e. The minimum atomic E-state index is -4.88. The highest BCUT2D eigenvalue weighted by molar-refractivity contribution is 6.37. The molecule has 0 bridgehead atoms. The van der Waals surface area contributed by atoms with Gasteiger partial charge < -0.3 is 14.8 Å². The van der Waals surface area contributed by atoms with Crippen molar-refractivity contribution in [2.75, 3.05) is 12.4 Å². The van der Waals surface area contributed by atoms with E-state index < -0.39 is 40.8 Å². The van der Waals surface area contributed by atoms with Crippen LogP contribution in [-0.4, -0.2) is 34.2 Å². The summed E-state index contributed by atoms with van der Waals surface area (Å²) in [6.45, 7) is -3.17. The lowest BCUT2D eigenvalue weighted by atomic mass is 10.1. The monoisotopic (exact) mass is 512 g/mol. The third kappa shape index (κ3) is 4.97. The molecule has 0 aliphatic rings. The van der Waals surface area contributed by atoms with Gasteiger partial charge in [-0.2, -0.15) is 27.1 Å². The summed E-state index contributed by atoms with van der Waals surface area (Å²) in [7, 11) is 1.40. The SMILES string of the molecule is COc1cccc(-c2cc(C(F)(F)F)n3nc(C(=O)Nc4ccccc4OC(F)F)c(Cl)c3n2)c1. The van der Waals surface area contributed by atoms with Gasteiger partial charge in [-0.3, -0.25) is 4.79 Å². The van der Waals surface area contributed by atoms with E-state index in [0.29, 0.717) is 15.8 Å². The quantitative estimate of drug-likeness (QED) is 0.324. The number of hydrogen-bond acceptors (Lipinski definition) is 5. The smallest absolute Gasteiger partial charge is 0.433 e. The van der Waals surface area contributed by atoms with E-state index >= 15 is 0 Å². The van der Waals surface area contributed by atoms with Crippen LogP contribution >= 0.6 is 11.6 Å². The minimum absolute atomic E-state index is 0.0897. The second-order valence-electron chi connectivity index (χ2n) is 6.98. The van der Waals surface area contributed by atoms with E-state index in [1.54, 1.807) is 12.1 Å². The Morgan fingerprint density at radius 1 is 1.11 bits per heavy atom. The second kappa shape index (κ2) is 9.37. The van der Waals surface area contributed by atoms with Gasteiger partial charge in [-0.15, -0.1) is 0 Å². The number of carbonyl (C=O) groups is 1. The summed E-state index contributed by atoms with van der Waals surface area (Å²) in [6.07, 6.45) is -4.88. The number of rotatable bonds is 6. The van der Waals surface area contributed by atoms with Gasteiger partial charge in [0.1, 0.15) is 16.5 Å². The van der Waals surface area contributed by atoms with Crippen LogP contribution in [0.5, 0.6) is 11.5 Å². The van der Waals surface area contributed by atoms with Crippen LogP contribution in [0.15, 0.2) is 54.6 Å². The van der Waals surface area contributed by atoms with Crippen molar-refractivity contribution < 1.29 is 36.2 Å². The number of anilines is 1. The van der Waals surface area contributed by atoms with Gasteiger partial charge >= 0.3 is 12.8 Å². The van der Waals surface area contributed by atoms with Crippen molar-refractivity contribution in [3.05, 3.63) is 71.0 Å². The van der Waals surface area contributed by atoms with Crippen molar-refractivity contribution >= 4 is 28.8 Å². The Kier molecular flexibility index (Phi) is 6.48. The van der Waals surface area contributed by atoms with Gasteiger partial charge in [0.15, 0.2) is 17.0 Å². The highest BCUT2D eigenvalue weighted by Gasteiger charge is 2.37. The van der Waals surface area contributed by atoms with Crippen LogP contribution in [0, 0.1) is 0 Å². The zero-order chi connectivity index (χ0) is 25.3. The normalized spacial score (nSPS) is 11.7. The molecular formula is C22H14ClF5N4O3. The summed E-state index contributed by atoms with van der Waals surface area (Å²) in [5, 5.41) is 5.51. The average molecular weight is 513 g/mol. The predicted octanol–water partition coefficient (Wildman–Crippen LogP) is 5.93. The lowest BCUT2D eigenvalue weighted by Crippen LogP contribution is -2.16. The molecule has 0 saturated carbocycles. The summed E-state index contributed by atoms with van der Waals surface area (Å²) < 4.78 is 76.8. The molecule has 0 radical (unpaired) electrons. The average Bonchev–Trinajstić information content (AvgIpc) is 3.15. The zero-order valence-electron chi connectivity index (χ0n) is 17.6. The number of benzene rings is 2.